The van der Waals surface area contributed by atoms with Gasteiger partial charge in [-0.05, 0) is 31.0 Å². The molecule has 2 aromatic rings. The lowest BCUT2D eigenvalue weighted by atomic mass is 10.1. The number of fused-ring (bicyclic) bond motifs is 1. The standard InChI is InChI=1S/C11H12O2/c1-7-8(2)13-11-5-9(6-12)3-4-10(7)11/h3-5,12H,6H2,1-2H3. The smallest absolute Gasteiger partial charge is 0.134 e. The SMILES string of the molecule is Cc1oc2cc(CO)ccc2c1C. The Labute approximate surface area is 76.8 Å². The molecule has 1 aromatic carbocycles. The molecule has 0 amide bonds. The molecule has 0 spiro atoms. The maximum absolute atomic E-state index is 8.93. The van der Waals surface area contributed by atoms with Crippen molar-refractivity contribution in [2.24, 2.45) is 0 Å². The van der Waals surface area contributed by atoms with E-state index in [0.29, 0.717) is 0 Å². The summed E-state index contributed by atoms with van der Waals surface area (Å²) in [4.78, 5) is 0. The van der Waals surface area contributed by atoms with E-state index in [9.17, 15) is 0 Å². The summed E-state index contributed by atoms with van der Waals surface area (Å²) in [7, 11) is 0. The molecule has 0 radical (unpaired) electrons. The van der Waals surface area contributed by atoms with Crippen molar-refractivity contribution in [1.82, 2.24) is 0 Å². The van der Waals surface area contributed by atoms with Crippen LogP contribution in [0.2, 0.25) is 0 Å². The van der Waals surface area contributed by atoms with Crippen molar-refractivity contribution < 1.29 is 9.52 Å². The molecule has 13 heavy (non-hydrogen) atoms. The average Bonchev–Trinajstić information content (AvgIpc) is 2.42. The van der Waals surface area contributed by atoms with Gasteiger partial charge in [0.1, 0.15) is 11.3 Å². The second-order valence-corrected chi connectivity index (χ2v) is 3.27. The molecule has 0 bridgehead atoms. The third-order valence-corrected chi connectivity index (χ3v) is 2.42. The van der Waals surface area contributed by atoms with Gasteiger partial charge in [0.15, 0.2) is 0 Å². The number of benzene rings is 1. The number of rotatable bonds is 1. The molecular weight excluding hydrogens is 164 g/mol. The number of aliphatic hydroxyl groups is 1. The Bertz CT molecular complexity index is 441. The van der Waals surface area contributed by atoms with Crippen LogP contribution < -0.4 is 0 Å². The van der Waals surface area contributed by atoms with E-state index >= 15 is 0 Å². The molecule has 2 heteroatoms. The van der Waals surface area contributed by atoms with Crippen molar-refractivity contribution in [1.29, 1.82) is 0 Å². The minimum atomic E-state index is 0.0642. The van der Waals surface area contributed by atoms with Crippen molar-refractivity contribution in [2.75, 3.05) is 0 Å². The summed E-state index contributed by atoms with van der Waals surface area (Å²) in [5, 5.41) is 10.1. The Kier molecular flexibility index (Phi) is 1.85. The Hall–Kier alpha value is -1.28. The molecule has 68 valence electrons. The Morgan fingerprint density at radius 2 is 2.08 bits per heavy atom. The van der Waals surface area contributed by atoms with Crippen LogP contribution in [0.4, 0.5) is 0 Å². The van der Waals surface area contributed by atoms with Gasteiger partial charge in [-0.15, -0.1) is 0 Å². The van der Waals surface area contributed by atoms with Gasteiger partial charge < -0.3 is 9.52 Å². The first-order valence-corrected chi connectivity index (χ1v) is 4.32. The zero-order valence-electron chi connectivity index (χ0n) is 7.79. The van der Waals surface area contributed by atoms with Gasteiger partial charge >= 0.3 is 0 Å². The van der Waals surface area contributed by atoms with Crippen LogP contribution in [-0.2, 0) is 6.61 Å². The minimum Gasteiger partial charge on any atom is -0.461 e. The van der Waals surface area contributed by atoms with Crippen molar-refractivity contribution in [3.63, 3.8) is 0 Å². The van der Waals surface area contributed by atoms with Crippen LogP contribution in [0.1, 0.15) is 16.9 Å². The van der Waals surface area contributed by atoms with E-state index in [4.69, 9.17) is 9.52 Å². The molecule has 0 saturated carbocycles. The van der Waals surface area contributed by atoms with E-state index < -0.39 is 0 Å². The molecule has 0 fully saturated rings. The molecular formula is C11H12O2. The third kappa shape index (κ3) is 1.23. The average molecular weight is 176 g/mol. The fourth-order valence-corrected chi connectivity index (χ4v) is 1.49. The van der Waals surface area contributed by atoms with Gasteiger partial charge in [0.05, 0.1) is 6.61 Å². The minimum absolute atomic E-state index is 0.0642. The fraction of sp³-hybridized carbons (Fsp3) is 0.273. The van der Waals surface area contributed by atoms with Crippen LogP contribution in [-0.4, -0.2) is 5.11 Å². The van der Waals surface area contributed by atoms with Crippen molar-refractivity contribution in [3.8, 4) is 0 Å². The second-order valence-electron chi connectivity index (χ2n) is 3.27. The molecule has 1 aromatic heterocycles. The van der Waals surface area contributed by atoms with E-state index in [2.05, 4.69) is 0 Å². The second kappa shape index (κ2) is 2.89. The van der Waals surface area contributed by atoms with Gasteiger partial charge in [-0.25, -0.2) is 0 Å². The molecule has 2 nitrogen and oxygen atoms in total. The van der Waals surface area contributed by atoms with Gasteiger partial charge in [0.2, 0.25) is 0 Å². The first-order chi connectivity index (χ1) is 6.22. The molecule has 0 atom stereocenters. The van der Waals surface area contributed by atoms with E-state index in [0.717, 1.165) is 22.3 Å². The Balaban J connectivity index is 2.73. The largest absolute Gasteiger partial charge is 0.461 e. The molecule has 1 heterocycles. The van der Waals surface area contributed by atoms with Crippen LogP contribution in [0.5, 0.6) is 0 Å². The third-order valence-electron chi connectivity index (χ3n) is 2.42. The first kappa shape index (κ1) is 8.32. The zero-order valence-corrected chi connectivity index (χ0v) is 7.79. The van der Waals surface area contributed by atoms with Gasteiger partial charge in [-0.1, -0.05) is 12.1 Å². The normalized spacial score (nSPS) is 11.0. The van der Waals surface area contributed by atoms with E-state index in [1.807, 2.05) is 32.0 Å². The van der Waals surface area contributed by atoms with E-state index in [-0.39, 0.29) is 6.61 Å². The lowest BCUT2D eigenvalue weighted by Gasteiger charge is -1.94. The maximum atomic E-state index is 8.93. The van der Waals surface area contributed by atoms with Gasteiger partial charge in [-0.2, -0.15) is 0 Å². The number of aryl methyl sites for hydroxylation is 2. The van der Waals surface area contributed by atoms with Crippen LogP contribution in [0, 0.1) is 13.8 Å². The lowest BCUT2D eigenvalue weighted by Crippen LogP contribution is -1.80. The number of hydrogen-bond acceptors (Lipinski definition) is 2. The van der Waals surface area contributed by atoms with Gasteiger partial charge in [-0.3, -0.25) is 0 Å². The number of furan rings is 1. The molecule has 0 aliphatic heterocycles. The summed E-state index contributed by atoms with van der Waals surface area (Å²) in [5.41, 5.74) is 2.93. The molecule has 0 saturated heterocycles. The van der Waals surface area contributed by atoms with Crippen LogP contribution >= 0.6 is 0 Å². The van der Waals surface area contributed by atoms with Crippen molar-refractivity contribution >= 4 is 11.0 Å². The van der Waals surface area contributed by atoms with Crippen molar-refractivity contribution in [3.05, 3.63) is 35.1 Å². The fourth-order valence-electron chi connectivity index (χ4n) is 1.49. The Morgan fingerprint density at radius 1 is 1.31 bits per heavy atom. The molecule has 2 rings (SSSR count). The van der Waals surface area contributed by atoms with Crippen molar-refractivity contribution in [2.45, 2.75) is 20.5 Å². The van der Waals surface area contributed by atoms with Crippen LogP contribution in [0.3, 0.4) is 0 Å². The zero-order chi connectivity index (χ0) is 9.42. The topological polar surface area (TPSA) is 33.4 Å². The Morgan fingerprint density at radius 3 is 2.77 bits per heavy atom. The molecule has 0 aliphatic rings. The summed E-state index contributed by atoms with van der Waals surface area (Å²) < 4.78 is 5.53. The summed E-state index contributed by atoms with van der Waals surface area (Å²) in [6.45, 7) is 4.06. The van der Waals surface area contributed by atoms with Crippen LogP contribution in [0.25, 0.3) is 11.0 Å². The highest BCUT2D eigenvalue weighted by Crippen LogP contribution is 2.25. The highest BCUT2D eigenvalue weighted by atomic mass is 16.3. The summed E-state index contributed by atoms with van der Waals surface area (Å²) in [5.74, 6) is 0.949. The number of hydrogen-bond donors (Lipinski definition) is 1. The highest BCUT2D eigenvalue weighted by Gasteiger charge is 2.06. The maximum Gasteiger partial charge on any atom is 0.134 e. The van der Waals surface area contributed by atoms with Gasteiger partial charge in [0.25, 0.3) is 0 Å². The predicted molar refractivity (Wildman–Crippen MR) is 51.6 cm³/mol. The van der Waals surface area contributed by atoms with Gasteiger partial charge in [0, 0.05) is 5.39 Å². The monoisotopic (exact) mass is 176 g/mol. The molecule has 1 N–H and O–H groups in total. The highest BCUT2D eigenvalue weighted by molar-refractivity contribution is 5.82. The van der Waals surface area contributed by atoms with Crippen LogP contribution in [0.15, 0.2) is 22.6 Å². The molecule has 0 aliphatic carbocycles. The first-order valence-electron chi connectivity index (χ1n) is 4.32. The summed E-state index contributed by atoms with van der Waals surface area (Å²) in [6, 6.07) is 5.80. The lowest BCUT2D eigenvalue weighted by molar-refractivity contribution is 0.282. The number of aliphatic hydroxyl groups excluding tert-OH is 1. The quantitative estimate of drug-likeness (QED) is 0.724. The van der Waals surface area contributed by atoms with E-state index in [1.54, 1.807) is 0 Å². The predicted octanol–water partition coefficient (Wildman–Crippen LogP) is 2.54. The summed E-state index contributed by atoms with van der Waals surface area (Å²) >= 11 is 0. The molecule has 0 unspecified atom stereocenters. The summed E-state index contributed by atoms with van der Waals surface area (Å²) in [6.07, 6.45) is 0. The van der Waals surface area contributed by atoms with E-state index in [1.165, 1.54) is 5.56 Å².